The second-order valence-corrected chi connectivity index (χ2v) is 3.94. The molecule has 1 aliphatic heterocycles. The summed E-state index contributed by atoms with van der Waals surface area (Å²) >= 11 is 1.36. The van der Waals surface area contributed by atoms with Gasteiger partial charge in [0.05, 0.1) is 6.42 Å². The second kappa shape index (κ2) is 7.37. The first-order valence-corrected chi connectivity index (χ1v) is 5.25. The van der Waals surface area contributed by atoms with Gasteiger partial charge in [-0.15, -0.1) is 24.8 Å². The lowest BCUT2D eigenvalue weighted by atomic mass is 10.0. The first-order valence-electron chi connectivity index (χ1n) is 4.48. The van der Waals surface area contributed by atoms with E-state index in [0.29, 0.717) is 0 Å². The van der Waals surface area contributed by atoms with E-state index in [9.17, 15) is 4.79 Å². The average molecular weight is 292 g/mol. The highest BCUT2D eigenvalue weighted by molar-refractivity contribution is 7.98. The van der Waals surface area contributed by atoms with Crippen LogP contribution in [-0.2, 0) is 4.79 Å². The van der Waals surface area contributed by atoms with Gasteiger partial charge in [0.2, 0.25) is 0 Å². The third kappa shape index (κ3) is 4.07. The Balaban J connectivity index is 0.00000128. The Labute approximate surface area is 116 Å². The molecule has 0 aromatic heterocycles. The first-order chi connectivity index (χ1) is 7.27. The van der Waals surface area contributed by atoms with Crippen molar-refractivity contribution in [3.05, 3.63) is 35.9 Å². The monoisotopic (exact) mass is 291 g/mol. The summed E-state index contributed by atoms with van der Waals surface area (Å²) in [6.45, 7) is 0. The van der Waals surface area contributed by atoms with Gasteiger partial charge in [-0.3, -0.25) is 4.79 Å². The van der Waals surface area contributed by atoms with Crippen molar-refractivity contribution in [2.24, 2.45) is 4.40 Å². The normalized spacial score (nSPS) is 12.4. The lowest BCUT2D eigenvalue weighted by Crippen LogP contribution is -1.97. The van der Waals surface area contributed by atoms with E-state index in [1.165, 1.54) is 11.9 Å². The Morgan fingerprint density at radius 3 is 2.71 bits per heavy atom. The molecule has 0 aliphatic carbocycles. The maximum atomic E-state index is 10.7. The largest absolute Gasteiger partial charge is 0.481 e. The smallest absolute Gasteiger partial charge is 0.307 e. The summed E-state index contributed by atoms with van der Waals surface area (Å²) in [5.74, 6) is -0.823. The van der Waals surface area contributed by atoms with Crippen LogP contribution in [0, 0.1) is 0 Å². The number of fused-ring (bicyclic) bond motifs is 1. The number of hydrogen-bond donors (Lipinski definition) is 1. The van der Waals surface area contributed by atoms with E-state index in [0.717, 1.165) is 16.0 Å². The fourth-order valence-corrected chi connectivity index (χ4v) is 2.10. The highest BCUT2D eigenvalue weighted by atomic mass is 35.5. The quantitative estimate of drug-likeness (QED) is 0.849. The molecule has 92 valence electrons. The molecule has 0 fully saturated rings. The highest BCUT2D eigenvalue weighted by Gasteiger charge is 2.12. The Morgan fingerprint density at radius 2 is 2.00 bits per heavy atom. The zero-order chi connectivity index (χ0) is 10.7. The van der Waals surface area contributed by atoms with E-state index in [-0.39, 0.29) is 31.2 Å². The molecule has 2 rings (SSSR count). The second-order valence-electron chi connectivity index (χ2n) is 3.10. The molecule has 0 unspecified atom stereocenters. The summed E-state index contributed by atoms with van der Waals surface area (Å²) in [5, 5.41) is 8.79. The molecule has 0 spiro atoms. The van der Waals surface area contributed by atoms with Crippen molar-refractivity contribution in [1.82, 2.24) is 0 Å². The topological polar surface area (TPSA) is 49.7 Å². The summed E-state index contributed by atoms with van der Waals surface area (Å²) in [4.78, 5) is 11.7. The van der Waals surface area contributed by atoms with Crippen LogP contribution in [0.3, 0.4) is 0 Å². The average Bonchev–Trinajstić information content (AvgIpc) is 2.41. The van der Waals surface area contributed by atoms with Gasteiger partial charge in [0.15, 0.2) is 0 Å². The molecule has 0 radical (unpaired) electrons. The molecule has 1 N–H and O–H groups in total. The third-order valence-electron chi connectivity index (χ3n) is 2.06. The number of carbonyl (C=O) groups is 1. The van der Waals surface area contributed by atoms with E-state index in [1.54, 1.807) is 12.3 Å². The Bertz CT molecular complexity index is 461. The van der Waals surface area contributed by atoms with Crippen LogP contribution in [0.15, 0.2) is 39.6 Å². The minimum atomic E-state index is -0.823. The zero-order valence-electron chi connectivity index (χ0n) is 8.70. The summed E-state index contributed by atoms with van der Waals surface area (Å²) < 4.78 is 4.09. The number of nitrogens with zero attached hydrogens (tertiary/aromatic N) is 1. The standard InChI is InChI=1S/C11H9NO2S.2ClH/c13-11(14)7-8-5-6-12-15-10-4-2-1-3-9(8)10;;/h1-6H,7H2,(H,13,14);2*1H. The van der Waals surface area contributed by atoms with Crippen LogP contribution in [0.5, 0.6) is 0 Å². The molecule has 17 heavy (non-hydrogen) atoms. The predicted octanol–water partition coefficient (Wildman–Crippen LogP) is 3.48. The summed E-state index contributed by atoms with van der Waals surface area (Å²) in [5.41, 5.74) is 1.76. The maximum Gasteiger partial charge on any atom is 0.307 e. The number of benzene rings is 1. The first kappa shape index (κ1) is 16.0. The number of rotatable bonds is 2. The van der Waals surface area contributed by atoms with Gasteiger partial charge < -0.3 is 5.11 Å². The molecule has 3 nitrogen and oxygen atoms in total. The summed E-state index contributed by atoms with van der Waals surface area (Å²) in [7, 11) is 0. The number of aliphatic carboxylic acids is 1. The number of carboxylic acids is 1. The SMILES string of the molecule is Cl.Cl.O=C(O)CC1=CC=NSc2ccccc21. The molecule has 6 heteroatoms. The predicted molar refractivity (Wildman–Crippen MR) is 75.5 cm³/mol. The molecular weight excluding hydrogens is 281 g/mol. The van der Waals surface area contributed by atoms with Gasteiger partial charge in [-0.1, -0.05) is 18.2 Å². The van der Waals surface area contributed by atoms with Gasteiger partial charge in [0.1, 0.15) is 0 Å². The molecule has 1 aromatic carbocycles. The Kier molecular flexibility index (Phi) is 6.95. The lowest BCUT2D eigenvalue weighted by molar-refractivity contribution is -0.135. The van der Waals surface area contributed by atoms with Crippen molar-refractivity contribution in [2.75, 3.05) is 0 Å². The summed E-state index contributed by atoms with van der Waals surface area (Å²) in [6.07, 6.45) is 3.43. The number of halogens is 2. The highest BCUT2D eigenvalue weighted by Crippen LogP contribution is 2.32. The van der Waals surface area contributed by atoms with Gasteiger partial charge in [0, 0.05) is 23.1 Å². The van der Waals surface area contributed by atoms with Crippen LogP contribution in [-0.4, -0.2) is 17.3 Å². The Morgan fingerprint density at radius 1 is 1.29 bits per heavy atom. The van der Waals surface area contributed by atoms with Crippen LogP contribution < -0.4 is 0 Å². The van der Waals surface area contributed by atoms with Crippen LogP contribution in [0.25, 0.3) is 5.57 Å². The Hall–Kier alpha value is -0.970. The van der Waals surface area contributed by atoms with Crippen molar-refractivity contribution in [1.29, 1.82) is 0 Å². The van der Waals surface area contributed by atoms with Crippen molar-refractivity contribution in [3.63, 3.8) is 0 Å². The van der Waals surface area contributed by atoms with Gasteiger partial charge >= 0.3 is 5.97 Å². The lowest BCUT2D eigenvalue weighted by Gasteiger charge is -2.06. The molecule has 0 saturated heterocycles. The number of hydrogen-bond acceptors (Lipinski definition) is 3. The third-order valence-corrected chi connectivity index (χ3v) is 2.84. The van der Waals surface area contributed by atoms with Crippen LogP contribution in [0.1, 0.15) is 12.0 Å². The van der Waals surface area contributed by atoms with Gasteiger partial charge in [0.25, 0.3) is 0 Å². The van der Waals surface area contributed by atoms with Gasteiger partial charge in [-0.25, -0.2) is 4.40 Å². The molecular formula is C11H11Cl2NO2S. The van der Waals surface area contributed by atoms with Crippen LogP contribution >= 0.6 is 36.8 Å². The van der Waals surface area contributed by atoms with Crippen molar-refractivity contribution < 1.29 is 9.90 Å². The van der Waals surface area contributed by atoms with Gasteiger partial charge in [-0.05, 0) is 23.3 Å². The van der Waals surface area contributed by atoms with E-state index in [4.69, 9.17) is 5.11 Å². The van der Waals surface area contributed by atoms with E-state index < -0.39 is 5.97 Å². The van der Waals surface area contributed by atoms with E-state index in [1.807, 2.05) is 24.3 Å². The molecule has 0 atom stereocenters. The van der Waals surface area contributed by atoms with Gasteiger partial charge in [-0.2, -0.15) is 0 Å². The van der Waals surface area contributed by atoms with Crippen molar-refractivity contribution in [3.8, 4) is 0 Å². The molecule has 0 amide bonds. The fourth-order valence-electron chi connectivity index (χ4n) is 1.43. The minimum absolute atomic E-state index is 0. The number of allylic oxidation sites excluding steroid dienone is 1. The van der Waals surface area contributed by atoms with E-state index >= 15 is 0 Å². The van der Waals surface area contributed by atoms with Crippen molar-refractivity contribution >= 4 is 54.5 Å². The molecule has 1 aromatic rings. The molecule has 0 bridgehead atoms. The minimum Gasteiger partial charge on any atom is -0.481 e. The molecule has 0 saturated carbocycles. The molecule has 1 heterocycles. The maximum absolute atomic E-state index is 10.7. The van der Waals surface area contributed by atoms with Crippen LogP contribution in [0.4, 0.5) is 0 Å². The van der Waals surface area contributed by atoms with Crippen molar-refractivity contribution in [2.45, 2.75) is 11.3 Å². The summed E-state index contributed by atoms with van der Waals surface area (Å²) in [6, 6.07) is 7.69. The fraction of sp³-hybridized carbons (Fsp3) is 0.0909. The van der Waals surface area contributed by atoms with E-state index in [2.05, 4.69) is 4.40 Å². The molecule has 1 aliphatic rings. The number of carboxylic acid groups (broad SMARTS) is 1. The zero-order valence-corrected chi connectivity index (χ0v) is 11.1. The van der Waals surface area contributed by atoms with Crippen LogP contribution in [0.2, 0.25) is 0 Å².